The summed E-state index contributed by atoms with van der Waals surface area (Å²) in [7, 11) is 1.78. The number of H-pyrrole nitrogens is 2. The van der Waals surface area contributed by atoms with Gasteiger partial charge in [-0.2, -0.15) is 26.3 Å². The van der Waals surface area contributed by atoms with Crippen molar-refractivity contribution in [3.8, 4) is 11.5 Å². The lowest BCUT2D eigenvalue weighted by molar-refractivity contribution is -0.141. The second-order valence-corrected chi connectivity index (χ2v) is 16.2. The molecule has 0 radical (unpaired) electrons. The molecule has 1 aliphatic carbocycles. The number of carbonyl (C=O) groups excluding carboxylic acids is 6. The second-order valence-electron chi connectivity index (χ2n) is 15.9. The second kappa shape index (κ2) is 16.2. The van der Waals surface area contributed by atoms with E-state index < -0.39 is 93.1 Å². The average molecular weight is 961 g/mol. The number of ether oxygens (including phenoxy) is 2. The Kier molecular flexibility index (Phi) is 10.8. The summed E-state index contributed by atoms with van der Waals surface area (Å²) in [4.78, 5) is 88.3. The summed E-state index contributed by atoms with van der Waals surface area (Å²) in [6.07, 6.45) is -5.55. The van der Waals surface area contributed by atoms with Crippen LogP contribution in [0.5, 0.6) is 11.5 Å². The minimum Gasteiger partial charge on any atom is -0.506 e. The van der Waals surface area contributed by atoms with Gasteiger partial charge in [-0.3, -0.25) is 19.2 Å². The lowest BCUT2D eigenvalue weighted by Crippen LogP contribution is -2.28. The molecule has 0 saturated heterocycles. The highest BCUT2D eigenvalue weighted by Gasteiger charge is 2.45. The summed E-state index contributed by atoms with van der Waals surface area (Å²) in [6.45, 7) is -0.290. The first-order chi connectivity index (χ1) is 32.2. The molecule has 0 bridgehead atoms. The van der Waals surface area contributed by atoms with Crippen molar-refractivity contribution in [2.75, 3.05) is 43.0 Å². The highest BCUT2D eigenvalue weighted by Crippen LogP contribution is 2.50. The van der Waals surface area contributed by atoms with Crippen molar-refractivity contribution >= 4 is 92.3 Å². The number of halogens is 7. The quantitative estimate of drug-likeness (QED) is 0.0520. The molecule has 1 atom stereocenters. The third-order valence-corrected chi connectivity index (χ3v) is 12.6. The highest BCUT2D eigenvalue weighted by molar-refractivity contribution is 6.31. The SMILES string of the molecule is COC(=O)c1c(C(F)(F)F)[nH]c2c(O)cc3c(c12)CCN3C(=O)/C=C/c1ccc(/C=C/C(=O)N2C[C@@H](CCl)c3c2cc(O)c2[nH]c(C(F)(F)F)c(C(=O)OC)c32)c2c1C(=O)c1ccccc1C2=O. The largest absolute Gasteiger partial charge is 0.506 e. The smallest absolute Gasteiger partial charge is 0.432 e. The van der Waals surface area contributed by atoms with Crippen molar-refractivity contribution in [2.45, 2.75) is 24.7 Å². The summed E-state index contributed by atoms with van der Waals surface area (Å²) >= 11 is 6.29. The fourth-order valence-corrected chi connectivity index (χ4v) is 9.57. The van der Waals surface area contributed by atoms with Crippen LogP contribution in [0.4, 0.5) is 37.7 Å². The van der Waals surface area contributed by atoms with E-state index in [4.69, 9.17) is 11.6 Å². The van der Waals surface area contributed by atoms with Gasteiger partial charge in [0.15, 0.2) is 11.6 Å². The number of anilines is 2. The summed E-state index contributed by atoms with van der Waals surface area (Å²) in [5, 5.41) is 21.2. The molecule has 9 rings (SSSR count). The van der Waals surface area contributed by atoms with Crippen LogP contribution in [0.15, 0.2) is 60.7 Å². The maximum Gasteiger partial charge on any atom is 0.432 e. The number of phenols is 2. The van der Waals surface area contributed by atoms with E-state index >= 15 is 0 Å². The van der Waals surface area contributed by atoms with Crippen molar-refractivity contribution < 1.29 is 74.8 Å². The molecule has 2 amide bonds. The first-order valence-electron chi connectivity index (χ1n) is 20.2. The molecule has 0 saturated carbocycles. The Balaban J connectivity index is 1.08. The van der Waals surface area contributed by atoms with Gasteiger partial charge >= 0.3 is 24.3 Å². The zero-order chi connectivity index (χ0) is 48.9. The van der Waals surface area contributed by atoms with Gasteiger partial charge < -0.3 is 39.5 Å². The molecule has 21 heteroatoms. The fraction of sp³-hybridized carbons (Fsp3) is 0.191. The maximum atomic E-state index is 14.2. The van der Waals surface area contributed by atoms with E-state index in [2.05, 4.69) is 19.4 Å². The normalized spacial score (nSPS) is 15.7. The van der Waals surface area contributed by atoms with Crippen molar-refractivity contribution in [1.82, 2.24) is 9.97 Å². The number of phenolic OH excluding ortho intramolecular Hbond substituents is 2. The molecule has 3 aliphatic rings. The number of nitrogens with zero attached hydrogens (tertiary/aromatic N) is 2. The molecule has 4 heterocycles. The Bertz CT molecular complexity index is 3330. The van der Waals surface area contributed by atoms with Crippen LogP contribution >= 0.6 is 11.6 Å². The molecule has 0 spiro atoms. The molecule has 4 aromatic carbocycles. The monoisotopic (exact) mass is 960 g/mol. The molecule has 68 heavy (non-hydrogen) atoms. The van der Waals surface area contributed by atoms with Crippen LogP contribution < -0.4 is 9.80 Å². The van der Waals surface area contributed by atoms with E-state index in [1.165, 1.54) is 36.4 Å². The molecule has 348 valence electrons. The van der Waals surface area contributed by atoms with E-state index in [0.29, 0.717) is 0 Å². The number of amides is 2. The van der Waals surface area contributed by atoms with E-state index in [9.17, 15) is 65.3 Å². The minimum absolute atomic E-state index is 0.00979. The Morgan fingerprint density at radius 2 is 1.21 bits per heavy atom. The lowest BCUT2D eigenvalue weighted by Gasteiger charge is -2.21. The third kappa shape index (κ3) is 6.96. The summed E-state index contributed by atoms with van der Waals surface area (Å²) < 4.78 is 94.0. The van der Waals surface area contributed by atoms with Gasteiger partial charge in [0.1, 0.15) is 22.9 Å². The standard InChI is InChI=1S/C47H31ClF6N4O10/c1-67-44(65)36-34-24-13-14-57(25(24)15-27(59)38(34)55-42(36)46(49,50)51)29(61)11-9-19-7-8-20(33-32(19)40(63)22-5-3-4-6-23(22)41(33)64)10-12-30(62)58-18-21(17-48)31-26(58)16-28(60)39-35(31)37(45(66)68-2)43(56-39)47(52,53)54/h3-12,15-16,21,55-56,59-60H,13-14,17-18H2,1-2H3/b11-9+,12-10+/t21-/m1/s1. The lowest BCUT2D eigenvalue weighted by atomic mass is 9.79. The van der Waals surface area contributed by atoms with Gasteiger partial charge in [0.25, 0.3) is 11.8 Å². The molecular formula is C47H31ClF6N4O10. The number of benzene rings is 4. The van der Waals surface area contributed by atoms with Crippen molar-refractivity contribution in [3.63, 3.8) is 0 Å². The number of rotatable bonds is 7. The van der Waals surface area contributed by atoms with E-state index in [1.54, 1.807) is 12.1 Å². The van der Waals surface area contributed by atoms with Gasteiger partial charge in [-0.25, -0.2) is 9.59 Å². The van der Waals surface area contributed by atoms with Crippen molar-refractivity contribution in [2.24, 2.45) is 0 Å². The van der Waals surface area contributed by atoms with Gasteiger partial charge in [-0.1, -0.05) is 36.4 Å². The summed E-state index contributed by atoms with van der Waals surface area (Å²) in [6, 6.07) is 10.9. The van der Waals surface area contributed by atoms with Crippen LogP contribution in [0.2, 0.25) is 0 Å². The van der Waals surface area contributed by atoms with Gasteiger partial charge in [0.2, 0.25) is 0 Å². The first-order valence-corrected chi connectivity index (χ1v) is 20.8. The Hall–Kier alpha value is -7.87. The number of aromatic amines is 2. The molecule has 4 N–H and O–H groups in total. The Labute approximate surface area is 383 Å². The van der Waals surface area contributed by atoms with E-state index in [-0.39, 0.29) is 97.6 Å². The molecule has 14 nitrogen and oxygen atoms in total. The number of aromatic hydroxyl groups is 2. The summed E-state index contributed by atoms with van der Waals surface area (Å²) in [5.41, 5.74) is -5.39. The molecule has 2 aromatic heterocycles. The van der Waals surface area contributed by atoms with Crippen LogP contribution in [0.25, 0.3) is 34.0 Å². The van der Waals surface area contributed by atoms with E-state index in [1.807, 2.05) is 0 Å². The number of esters is 2. The number of nitrogens with one attached hydrogen (secondary N) is 2. The number of fused-ring (bicyclic) bond motifs is 8. The third-order valence-electron chi connectivity index (χ3n) is 12.2. The molecule has 6 aromatic rings. The number of carbonyl (C=O) groups is 6. The molecule has 0 unspecified atom stereocenters. The minimum atomic E-state index is -5.08. The Morgan fingerprint density at radius 1 is 0.735 bits per heavy atom. The number of methoxy groups -OCH3 is 2. The van der Waals surface area contributed by atoms with Gasteiger partial charge in [-0.05, 0) is 40.8 Å². The first kappa shape index (κ1) is 45.3. The maximum absolute atomic E-state index is 14.2. The number of hydrogen-bond acceptors (Lipinski definition) is 10. The number of ketones is 2. The topological polar surface area (TPSA) is 199 Å². The highest BCUT2D eigenvalue weighted by atomic mass is 35.5. The fourth-order valence-electron chi connectivity index (χ4n) is 9.32. The van der Waals surface area contributed by atoms with E-state index in [0.717, 1.165) is 48.3 Å². The van der Waals surface area contributed by atoms with Crippen LogP contribution in [0, 0.1) is 0 Å². The van der Waals surface area contributed by atoms with Crippen LogP contribution in [-0.4, -0.2) is 88.7 Å². The van der Waals surface area contributed by atoms with Gasteiger partial charge in [-0.15, -0.1) is 11.6 Å². The zero-order valence-corrected chi connectivity index (χ0v) is 35.8. The molecule has 0 fully saturated rings. The molecular weight excluding hydrogens is 930 g/mol. The van der Waals surface area contributed by atoms with Crippen LogP contribution in [-0.2, 0) is 37.8 Å². The Morgan fingerprint density at radius 3 is 1.69 bits per heavy atom. The predicted molar refractivity (Wildman–Crippen MR) is 232 cm³/mol. The van der Waals surface area contributed by atoms with Gasteiger partial charge in [0, 0.05) is 82.2 Å². The predicted octanol–water partition coefficient (Wildman–Crippen LogP) is 8.43. The number of alkyl halides is 7. The van der Waals surface area contributed by atoms with Crippen molar-refractivity contribution in [3.05, 3.63) is 128 Å². The number of hydrogen-bond donors (Lipinski definition) is 4. The van der Waals surface area contributed by atoms with Crippen molar-refractivity contribution in [1.29, 1.82) is 0 Å². The zero-order valence-electron chi connectivity index (χ0n) is 35.0. The average Bonchev–Trinajstić information content (AvgIpc) is 4.10. The molecule has 2 aliphatic heterocycles. The van der Waals surface area contributed by atoms with Crippen LogP contribution in [0.1, 0.15) is 92.1 Å². The number of aromatic nitrogens is 2. The van der Waals surface area contributed by atoms with Crippen LogP contribution in [0.3, 0.4) is 0 Å². The summed E-state index contributed by atoms with van der Waals surface area (Å²) in [5.74, 6) is -7.91. The van der Waals surface area contributed by atoms with Gasteiger partial charge in [0.05, 0.1) is 47.8 Å².